The van der Waals surface area contributed by atoms with E-state index < -0.39 is 23.9 Å². The molecular weight excluding hydrogens is 346 g/mol. The predicted molar refractivity (Wildman–Crippen MR) is 105 cm³/mol. The molecule has 1 aromatic carbocycles. The van der Waals surface area contributed by atoms with Gasteiger partial charge < -0.3 is 22.0 Å². The molecule has 0 bridgehead atoms. The molecule has 0 spiro atoms. The molecule has 0 aliphatic heterocycles. The van der Waals surface area contributed by atoms with Gasteiger partial charge in [0.25, 0.3) is 5.91 Å². The van der Waals surface area contributed by atoms with E-state index >= 15 is 0 Å². The third-order valence-electron chi connectivity index (χ3n) is 3.96. The fraction of sp³-hybridized carbons (Fsp3) is 0.474. The highest BCUT2D eigenvalue weighted by atomic mass is 16.2. The quantitative estimate of drug-likeness (QED) is 0.237. The monoisotopic (exact) mass is 375 g/mol. The van der Waals surface area contributed by atoms with Gasteiger partial charge in [-0.2, -0.15) is 0 Å². The summed E-state index contributed by atoms with van der Waals surface area (Å²) in [6.45, 7) is 4.16. The number of hydrogen-bond donors (Lipinski definition) is 3. The van der Waals surface area contributed by atoms with E-state index in [-0.39, 0.29) is 18.3 Å². The minimum Gasteiger partial charge on any atom is -0.370 e. The highest BCUT2D eigenvalue weighted by molar-refractivity contribution is 6.07. The summed E-state index contributed by atoms with van der Waals surface area (Å²) in [6, 6.07) is 6.54. The lowest BCUT2D eigenvalue weighted by Gasteiger charge is -2.29. The van der Waals surface area contributed by atoms with E-state index in [4.69, 9.17) is 17.2 Å². The second kappa shape index (κ2) is 11.1. The first-order valence-electron chi connectivity index (χ1n) is 8.96. The van der Waals surface area contributed by atoms with Gasteiger partial charge in [-0.3, -0.25) is 19.5 Å². The number of rotatable bonds is 10. The first-order valence-corrected chi connectivity index (χ1v) is 8.96. The van der Waals surface area contributed by atoms with Crippen LogP contribution < -0.4 is 17.2 Å². The molecule has 27 heavy (non-hydrogen) atoms. The van der Waals surface area contributed by atoms with Crippen molar-refractivity contribution in [1.82, 2.24) is 4.90 Å². The van der Waals surface area contributed by atoms with E-state index in [1.165, 1.54) is 0 Å². The van der Waals surface area contributed by atoms with Crippen LogP contribution >= 0.6 is 0 Å². The molecule has 0 aromatic heterocycles. The molecule has 6 N–H and O–H groups in total. The maximum absolute atomic E-state index is 12.9. The molecule has 0 unspecified atom stereocenters. The van der Waals surface area contributed by atoms with Gasteiger partial charge in [0.2, 0.25) is 5.91 Å². The Kier molecular flexibility index (Phi) is 9.15. The summed E-state index contributed by atoms with van der Waals surface area (Å²) >= 11 is 0. The van der Waals surface area contributed by atoms with Crippen LogP contribution in [0.25, 0.3) is 0 Å². The minimum atomic E-state index is -0.933. The van der Waals surface area contributed by atoms with Crippen molar-refractivity contribution in [3.63, 3.8) is 0 Å². The van der Waals surface area contributed by atoms with Crippen LogP contribution in [-0.4, -0.2) is 47.6 Å². The average molecular weight is 375 g/mol. The largest absolute Gasteiger partial charge is 0.370 e. The Hall–Kier alpha value is -2.74. The van der Waals surface area contributed by atoms with Crippen LogP contribution in [0.15, 0.2) is 35.3 Å². The Bertz CT molecular complexity index is 657. The SMILES string of the molecule is CC(C)C[C@H](N)C(=O)N(C(=O)c1ccccc1)[C@H](C=O)CCCN=C(N)N. The first-order chi connectivity index (χ1) is 12.8. The van der Waals surface area contributed by atoms with E-state index in [0.717, 1.165) is 4.90 Å². The molecule has 0 saturated heterocycles. The molecule has 0 fully saturated rings. The number of amides is 2. The Morgan fingerprint density at radius 2 is 1.81 bits per heavy atom. The summed E-state index contributed by atoms with van der Waals surface area (Å²) in [5.74, 6) is -0.977. The summed E-state index contributed by atoms with van der Waals surface area (Å²) in [5, 5.41) is 0. The van der Waals surface area contributed by atoms with Gasteiger partial charge in [0.1, 0.15) is 6.29 Å². The van der Waals surface area contributed by atoms with Crippen LogP contribution in [0.1, 0.15) is 43.5 Å². The lowest BCUT2D eigenvalue weighted by atomic mass is 10.0. The zero-order valence-electron chi connectivity index (χ0n) is 15.9. The number of nitrogens with two attached hydrogens (primary N) is 3. The molecule has 1 rings (SSSR count). The average Bonchev–Trinajstić information content (AvgIpc) is 2.63. The van der Waals surface area contributed by atoms with E-state index in [2.05, 4.69) is 4.99 Å². The van der Waals surface area contributed by atoms with Gasteiger partial charge in [0, 0.05) is 12.1 Å². The fourth-order valence-corrected chi connectivity index (χ4v) is 2.69. The van der Waals surface area contributed by atoms with Crippen molar-refractivity contribution in [1.29, 1.82) is 0 Å². The number of nitrogens with zero attached hydrogens (tertiary/aromatic N) is 2. The number of carbonyl (C=O) groups is 3. The van der Waals surface area contributed by atoms with Gasteiger partial charge >= 0.3 is 0 Å². The van der Waals surface area contributed by atoms with Crippen LogP contribution in [0.2, 0.25) is 0 Å². The van der Waals surface area contributed by atoms with Crippen LogP contribution in [-0.2, 0) is 9.59 Å². The summed E-state index contributed by atoms with van der Waals surface area (Å²) < 4.78 is 0. The summed E-state index contributed by atoms with van der Waals surface area (Å²) in [7, 11) is 0. The molecule has 0 heterocycles. The molecule has 0 aliphatic rings. The first kappa shape index (κ1) is 22.3. The van der Waals surface area contributed by atoms with Crippen LogP contribution in [0.5, 0.6) is 0 Å². The van der Waals surface area contributed by atoms with E-state index in [9.17, 15) is 14.4 Å². The lowest BCUT2D eigenvalue weighted by Crippen LogP contribution is -2.52. The van der Waals surface area contributed by atoms with Crippen molar-refractivity contribution in [2.75, 3.05) is 6.54 Å². The minimum absolute atomic E-state index is 0.0510. The van der Waals surface area contributed by atoms with Crippen molar-refractivity contribution < 1.29 is 14.4 Å². The molecule has 0 saturated carbocycles. The van der Waals surface area contributed by atoms with Gasteiger partial charge in [0.05, 0.1) is 12.1 Å². The van der Waals surface area contributed by atoms with E-state index in [0.29, 0.717) is 31.2 Å². The zero-order valence-corrected chi connectivity index (χ0v) is 15.9. The normalized spacial score (nSPS) is 12.9. The maximum Gasteiger partial charge on any atom is 0.261 e. The van der Waals surface area contributed by atoms with E-state index in [1.54, 1.807) is 30.3 Å². The van der Waals surface area contributed by atoms with Crippen molar-refractivity contribution >= 4 is 24.1 Å². The second-order valence-electron chi connectivity index (χ2n) is 6.77. The topological polar surface area (TPSA) is 145 Å². The number of aliphatic imine (C=N–C) groups is 1. The molecule has 0 radical (unpaired) electrons. The third-order valence-corrected chi connectivity index (χ3v) is 3.96. The summed E-state index contributed by atoms with van der Waals surface area (Å²) in [6.07, 6.45) is 1.69. The number of imide groups is 1. The number of guanidine groups is 1. The van der Waals surface area contributed by atoms with Gasteiger partial charge in [-0.05, 0) is 37.3 Å². The summed E-state index contributed by atoms with van der Waals surface area (Å²) in [4.78, 5) is 42.3. The van der Waals surface area contributed by atoms with Gasteiger partial charge in [0.15, 0.2) is 5.96 Å². The number of carbonyl (C=O) groups excluding carboxylic acids is 3. The van der Waals surface area contributed by atoms with Crippen molar-refractivity contribution in [3.8, 4) is 0 Å². The van der Waals surface area contributed by atoms with Gasteiger partial charge in [-0.15, -0.1) is 0 Å². The Labute approximate surface area is 159 Å². The van der Waals surface area contributed by atoms with Gasteiger partial charge in [-0.1, -0.05) is 32.0 Å². The highest BCUT2D eigenvalue weighted by Crippen LogP contribution is 2.15. The van der Waals surface area contributed by atoms with Crippen LogP contribution in [0.3, 0.4) is 0 Å². The lowest BCUT2D eigenvalue weighted by molar-refractivity contribution is -0.135. The molecular formula is C19H29N5O3. The smallest absolute Gasteiger partial charge is 0.261 e. The van der Waals surface area contributed by atoms with Crippen LogP contribution in [0, 0.1) is 5.92 Å². The molecule has 0 aliphatic carbocycles. The molecule has 2 amide bonds. The number of benzene rings is 1. The second-order valence-corrected chi connectivity index (χ2v) is 6.77. The number of hydrogen-bond acceptors (Lipinski definition) is 5. The molecule has 8 heteroatoms. The van der Waals surface area contributed by atoms with Gasteiger partial charge in [-0.25, -0.2) is 0 Å². The van der Waals surface area contributed by atoms with Crippen molar-refractivity contribution in [3.05, 3.63) is 35.9 Å². The fourth-order valence-electron chi connectivity index (χ4n) is 2.69. The maximum atomic E-state index is 12.9. The standard InChI is InChI=1S/C19H29N5O3/c1-13(2)11-16(20)18(27)24(17(26)14-7-4-3-5-8-14)15(12-25)9-6-10-23-19(21)22/h3-5,7-8,12-13,15-16H,6,9-11,20H2,1-2H3,(H4,21,22,23)/t15-,16-/m0/s1. The molecule has 8 nitrogen and oxygen atoms in total. The Morgan fingerprint density at radius 1 is 1.19 bits per heavy atom. The Morgan fingerprint density at radius 3 is 2.33 bits per heavy atom. The molecule has 2 atom stereocenters. The molecule has 1 aromatic rings. The van der Waals surface area contributed by atoms with Crippen LogP contribution in [0.4, 0.5) is 0 Å². The van der Waals surface area contributed by atoms with E-state index in [1.807, 2.05) is 13.8 Å². The molecule has 148 valence electrons. The third kappa shape index (κ3) is 7.18. The van der Waals surface area contributed by atoms with Crippen molar-refractivity contribution in [2.24, 2.45) is 28.1 Å². The Balaban J connectivity index is 3.07. The highest BCUT2D eigenvalue weighted by Gasteiger charge is 2.33. The number of aldehydes is 1. The zero-order chi connectivity index (χ0) is 20.4. The predicted octanol–water partition coefficient (Wildman–Crippen LogP) is 0.650. The summed E-state index contributed by atoms with van der Waals surface area (Å²) in [5.41, 5.74) is 16.9. The van der Waals surface area contributed by atoms with Crippen molar-refractivity contribution in [2.45, 2.75) is 45.2 Å².